The Bertz CT molecular complexity index is 664. The molecule has 0 spiro atoms. The number of nitrogens with one attached hydrogen (secondary N) is 1. The summed E-state index contributed by atoms with van der Waals surface area (Å²) in [6.07, 6.45) is 0.578. The minimum atomic E-state index is 0.100. The van der Waals surface area contributed by atoms with Crippen molar-refractivity contribution < 1.29 is 5.11 Å². The number of rotatable bonds is 3. The zero-order valence-corrected chi connectivity index (χ0v) is 9.67. The third-order valence-corrected chi connectivity index (χ3v) is 2.97. The predicted octanol–water partition coefficient (Wildman–Crippen LogP) is 1.55. The van der Waals surface area contributed by atoms with Crippen LogP contribution >= 0.6 is 0 Å². The van der Waals surface area contributed by atoms with E-state index in [1.165, 1.54) is 0 Å². The SMILES string of the molecule is OCCc1ccc2ccccc2c1-c1nn[nH]n1. The number of tetrazole rings is 1. The van der Waals surface area contributed by atoms with Crippen molar-refractivity contribution in [2.75, 3.05) is 6.61 Å². The van der Waals surface area contributed by atoms with Crippen molar-refractivity contribution in [3.05, 3.63) is 42.0 Å². The normalized spacial score (nSPS) is 10.9. The van der Waals surface area contributed by atoms with Gasteiger partial charge in [0.1, 0.15) is 0 Å². The molecule has 1 aromatic heterocycles. The first-order chi connectivity index (χ1) is 8.90. The molecule has 2 N–H and O–H groups in total. The number of aliphatic hydroxyl groups is 1. The molecule has 2 aromatic carbocycles. The van der Waals surface area contributed by atoms with Crippen molar-refractivity contribution in [2.45, 2.75) is 6.42 Å². The van der Waals surface area contributed by atoms with Crippen LogP contribution in [0.15, 0.2) is 36.4 Å². The largest absolute Gasteiger partial charge is 0.396 e. The van der Waals surface area contributed by atoms with E-state index >= 15 is 0 Å². The third kappa shape index (κ3) is 1.74. The van der Waals surface area contributed by atoms with Gasteiger partial charge in [0.25, 0.3) is 0 Å². The van der Waals surface area contributed by atoms with Crippen LogP contribution in [0.5, 0.6) is 0 Å². The van der Waals surface area contributed by atoms with E-state index in [0.29, 0.717) is 12.2 Å². The van der Waals surface area contributed by atoms with E-state index in [1.54, 1.807) is 0 Å². The summed E-state index contributed by atoms with van der Waals surface area (Å²) in [4.78, 5) is 0. The maximum atomic E-state index is 9.15. The first-order valence-corrected chi connectivity index (χ1v) is 5.75. The van der Waals surface area contributed by atoms with Crippen LogP contribution in [0.1, 0.15) is 5.56 Å². The number of nitrogens with zero attached hydrogens (tertiary/aromatic N) is 3. The van der Waals surface area contributed by atoms with Gasteiger partial charge in [0, 0.05) is 12.2 Å². The standard InChI is InChI=1S/C13H12N4O/c18-8-7-10-6-5-9-3-1-2-4-11(9)12(10)13-14-16-17-15-13/h1-6,18H,7-8H2,(H,14,15,16,17). The van der Waals surface area contributed by atoms with E-state index in [-0.39, 0.29) is 6.61 Å². The molecule has 3 aromatic rings. The number of fused-ring (bicyclic) bond motifs is 1. The van der Waals surface area contributed by atoms with Crippen molar-refractivity contribution in [3.63, 3.8) is 0 Å². The number of hydrogen-bond donors (Lipinski definition) is 2. The second kappa shape index (κ2) is 4.54. The van der Waals surface area contributed by atoms with Crippen LogP contribution in [-0.4, -0.2) is 32.3 Å². The Kier molecular flexibility index (Phi) is 2.74. The van der Waals surface area contributed by atoms with Gasteiger partial charge in [-0.3, -0.25) is 0 Å². The molecule has 0 atom stereocenters. The van der Waals surface area contributed by atoms with Crippen LogP contribution in [0.2, 0.25) is 0 Å². The molecule has 0 radical (unpaired) electrons. The fraction of sp³-hybridized carbons (Fsp3) is 0.154. The Morgan fingerprint density at radius 3 is 2.78 bits per heavy atom. The summed E-state index contributed by atoms with van der Waals surface area (Å²) in [5.74, 6) is 0.565. The number of hydrogen-bond acceptors (Lipinski definition) is 4. The Morgan fingerprint density at radius 2 is 2.00 bits per heavy atom. The second-order valence-corrected chi connectivity index (χ2v) is 4.03. The van der Waals surface area contributed by atoms with E-state index in [4.69, 9.17) is 5.11 Å². The van der Waals surface area contributed by atoms with Crippen LogP contribution in [-0.2, 0) is 6.42 Å². The van der Waals surface area contributed by atoms with Crippen LogP contribution < -0.4 is 0 Å². The number of aromatic amines is 1. The summed E-state index contributed by atoms with van der Waals surface area (Å²) in [6, 6.07) is 12.1. The highest BCUT2D eigenvalue weighted by Gasteiger charge is 2.12. The smallest absolute Gasteiger partial charge is 0.205 e. The number of aromatic nitrogens is 4. The molecule has 3 rings (SSSR count). The van der Waals surface area contributed by atoms with Gasteiger partial charge in [0.05, 0.1) is 0 Å². The molecule has 0 aliphatic heterocycles. The zero-order valence-electron chi connectivity index (χ0n) is 9.67. The minimum absolute atomic E-state index is 0.100. The molecule has 0 aliphatic rings. The van der Waals surface area contributed by atoms with Crippen LogP contribution in [0, 0.1) is 0 Å². The van der Waals surface area contributed by atoms with Gasteiger partial charge in [0.15, 0.2) is 0 Å². The van der Waals surface area contributed by atoms with Crippen LogP contribution in [0.4, 0.5) is 0 Å². The lowest BCUT2D eigenvalue weighted by Crippen LogP contribution is -1.96. The van der Waals surface area contributed by atoms with Crippen molar-refractivity contribution in [1.29, 1.82) is 0 Å². The quantitative estimate of drug-likeness (QED) is 0.728. The molecule has 0 bridgehead atoms. The van der Waals surface area contributed by atoms with Crippen LogP contribution in [0.25, 0.3) is 22.2 Å². The highest BCUT2D eigenvalue weighted by atomic mass is 16.2. The van der Waals surface area contributed by atoms with Crippen molar-refractivity contribution in [1.82, 2.24) is 20.6 Å². The van der Waals surface area contributed by atoms with E-state index < -0.39 is 0 Å². The van der Waals surface area contributed by atoms with Gasteiger partial charge >= 0.3 is 0 Å². The average molecular weight is 240 g/mol. The van der Waals surface area contributed by atoms with Gasteiger partial charge in [-0.2, -0.15) is 5.21 Å². The Labute approximate surface area is 103 Å². The lowest BCUT2D eigenvalue weighted by molar-refractivity contribution is 0.300. The lowest BCUT2D eigenvalue weighted by Gasteiger charge is -2.09. The molecule has 18 heavy (non-hydrogen) atoms. The van der Waals surface area contributed by atoms with Gasteiger partial charge in [-0.05, 0) is 28.0 Å². The summed E-state index contributed by atoms with van der Waals surface area (Å²) in [7, 11) is 0. The average Bonchev–Trinajstić information content (AvgIpc) is 2.92. The highest BCUT2D eigenvalue weighted by Crippen LogP contribution is 2.29. The van der Waals surface area contributed by atoms with Crippen molar-refractivity contribution in [2.24, 2.45) is 0 Å². The fourth-order valence-electron chi connectivity index (χ4n) is 2.18. The number of aliphatic hydroxyl groups excluding tert-OH is 1. The topological polar surface area (TPSA) is 74.7 Å². The molecule has 0 amide bonds. The fourth-order valence-corrected chi connectivity index (χ4v) is 2.18. The van der Waals surface area contributed by atoms with Crippen molar-refractivity contribution >= 4 is 10.8 Å². The third-order valence-electron chi connectivity index (χ3n) is 2.97. The zero-order chi connectivity index (χ0) is 12.4. The monoisotopic (exact) mass is 240 g/mol. The molecule has 90 valence electrons. The van der Waals surface area contributed by atoms with E-state index in [1.807, 2.05) is 36.4 Å². The second-order valence-electron chi connectivity index (χ2n) is 4.03. The summed E-state index contributed by atoms with van der Waals surface area (Å²) in [6.45, 7) is 0.100. The van der Waals surface area contributed by atoms with E-state index in [0.717, 1.165) is 21.9 Å². The molecule has 5 nitrogen and oxygen atoms in total. The van der Waals surface area contributed by atoms with Gasteiger partial charge in [-0.15, -0.1) is 10.2 Å². The molecule has 0 fully saturated rings. The molecular weight excluding hydrogens is 228 g/mol. The lowest BCUT2D eigenvalue weighted by atomic mass is 9.97. The van der Waals surface area contributed by atoms with Crippen LogP contribution in [0.3, 0.4) is 0 Å². The van der Waals surface area contributed by atoms with Gasteiger partial charge in [-0.1, -0.05) is 36.4 Å². The molecule has 0 saturated carbocycles. The van der Waals surface area contributed by atoms with Gasteiger partial charge < -0.3 is 5.11 Å². The molecule has 5 heteroatoms. The molecule has 0 aliphatic carbocycles. The number of benzene rings is 2. The predicted molar refractivity (Wildman–Crippen MR) is 67.9 cm³/mol. The first-order valence-electron chi connectivity index (χ1n) is 5.75. The Balaban J connectivity index is 2.32. The summed E-state index contributed by atoms with van der Waals surface area (Å²) < 4.78 is 0. The van der Waals surface area contributed by atoms with Crippen molar-refractivity contribution in [3.8, 4) is 11.4 Å². The van der Waals surface area contributed by atoms with E-state index in [9.17, 15) is 0 Å². The molecule has 0 saturated heterocycles. The van der Waals surface area contributed by atoms with Gasteiger partial charge in [-0.25, -0.2) is 0 Å². The highest BCUT2D eigenvalue weighted by molar-refractivity contribution is 5.96. The van der Waals surface area contributed by atoms with E-state index in [2.05, 4.69) is 20.6 Å². The first kappa shape index (κ1) is 10.9. The Morgan fingerprint density at radius 1 is 1.11 bits per heavy atom. The molecule has 0 unspecified atom stereocenters. The Hall–Kier alpha value is -2.27. The summed E-state index contributed by atoms with van der Waals surface area (Å²) >= 11 is 0. The molecule has 1 heterocycles. The maximum Gasteiger partial charge on any atom is 0.205 e. The number of H-pyrrole nitrogens is 1. The van der Waals surface area contributed by atoms with Gasteiger partial charge in [0.2, 0.25) is 5.82 Å². The summed E-state index contributed by atoms with van der Waals surface area (Å²) in [5, 5.41) is 25.5. The summed E-state index contributed by atoms with van der Waals surface area (Å²) in [5.41, 5.74) is 1.97. The molecular formula is C13H12N4O. The maximum absolute atomic E-state index is 9.15. The minimum Gasteiger partial charge on any atom is -0.396 e.